The quantitative estimate of drug-likeness (QED) is 0.544. The van der Waals surface area contributed by atoms with E-state index in [9.17, 15) is 0 Å². The summed E-state index contributed by atoms with van der Waals surface area (Å²) in [5.74, 6) is 4.35. The van der Waals surface area contributed by atoms with Crippen molar-refractivity contribution >= 4 is 13.8 Å². The Bertz CT molecular complexity index is 563. The Kier molecular flexibility index (Phi) is 4.58. The summed E-state index contributed by atoms with van der Waals surface area (Å²) in [6.07, 6.45) is 22.7. The third-order valence-electron chi connectivity index (χ3n) is 6.03. The normalized spacial score (nSPS) is 24.3. The van der Waals surface area contributed by atoms with Crippen LogP contribution in [-0.2, 0) is 0 Å². The molecular weight excluding hydrogens is 283 g/mol. The number of hydrogen-bond donors (Lipinski definition) is 0. The van der Waals surface area contributed by atoms with Crippen LogP contribution >= 0.6 is 8.19 Å². The molecule has 0 spiro atoms. The molecule has 0 saturated heterocycles. The second kappa shape index (κ2) is 6.79. The lowest BCUT2D eigenvalue weighted by Gasteiger charge is -2.31. The van der Waals surface area contributed by atoms with E-state index in [1.807, 2.05) is 5.56 Å². The smallest absolute Gasteiger partial charge is 0.0114 e. The lowest BCUT2D eigenvalue weighted by Crippen LogP contribution is -2.11. The van der Waals surface area contributed by atoms with Crippen molar-refractivity contribution < 1.29 is 0 Å². The summed E-state index contributed by atoms with van der Waals surface area (Å²) in [6.45, 7) is 0. The first kappa shape index (κ1) is 14.8. The van der Waals surface area contributed by atoms with Gasteiger partial charge in [0.2, 0.25) is 0 Å². The largest absolute Gasteiger partial charge is 0.523 e. The SMILES string of the molecule is C1=CCC(c2[p-]cc(C3CCCCC3)c2C2CCCCC2)=C1. The fourth-order valence-corrected chi connectivity index (χ4v) is 6.25. The molecule has 1 heteroatoms. The van der Waals surface area contributed by atoms with Gasteiger partial charge in [0.1, 0.15) is 0 Å². The number of rotatable bonds is 3. The Morgan fingerprint density at radius 1 is 0.818 bits per heavy atom. The molecule has 2 saturated carbocycles. The topological polar surface area (TPSA) is 0 Å². The average molecular weight is 311 g/mol. The Balaban J connectivity index is 1.70. The molecule has 0 unspecified atom stereocenters. The van der Waals surface area contributed by atoms with Crippen LogP contribution in [0.25, 0.3) is 5.57 Å². The van der Waals surface area contributed by atoms with Crippen molar-refractivity contribution in [1.82, 2.24) is 0 Å². The van der Waals surface area contributed by atoms with Crippen molar-refractivity contribution in [3.63, 3.8) is 0 Å². The fraction of sp³-hybridized carbons (Fsp3) is 0.619. The van der Waals surface area contributed by atoms with Crippen LogP contribution in [0.5, 0.6) is 0 Å². The predicted octanol–water partition coefficient (Wildman–Crippen LogP) is 7.42. The minimum Gasteiger partial charge on any atom is -0.523 e. The van der Waals surface area contributed by atoms with Gasteiger partial charge in [-0.3, -0.25) is 0 Å². The maximum atomic E-state index is 2.61. The van der Waals surface area contributed by atoms with E-state index in [0.717, 1.165) is 11.8 Å². The summed E-state index contributed by atoms with van der Waals surface area (Å²) in [5.41, 5.74) is 5.23. The molecule has 0 radical (unpaired) electrons. The molecule has 2 fully saturated rings. The van der Waals surface area contributed by atoms with Crippen LogP contribution in [0.1, 0.15) is 98.9 Å². The van der Waals surface area contributed by atoms with Crippen LogP contribution in [0, 0.1) is 0 Å². The fourth-order valence-electron chi connectivity index (χ4n) is 4.85. The predicted molar refractivity (Wildman–Crippen MR) is 97.9 cm³/mol. The summed E-state index contributed by atoms with van der Waals surface area (Å²) in [7, 11) is 1.50. The van der Waals surface area contributed by atoms with Crippen LogP contribution in [0.2, 0.25) is 0 Å². The first-order valence-corrected chi connectivity index (χ1v) is 10.4. The Morgan fingerprint density at radius 2 is 1.50 bits per heavy atom. The molecule has 0 atom stereocenters. The highest BCUT2D eigenvalue weighted by Gasteiger charge is 2.24. The van der Waals surface area contributed by atoms with Crippen LogP contribution < -0.4 is 0 Å². The van der Waals surface area contributed by atoms with E-state index in [1.54, 1.807) is 16.4 Å². The standard InChI is InChI=1S/C21H28P/c1-3-9-16(10-4-1)19-15-22-21(18-13-7-8-14-18)20(19)17-11-5-2-6-12-17/h7-8,13,15-17H,1-6,9-12,14H2/q-1. The van der Waals surface area contributed by atoms with E-state index >= 15 is 0 Å². The first-order chi connectivity index (χ1) is 10.9. The monoisotopic (exact) mass is 311 g/mol. The molecule has 22 heavy (non-hydrogen) atoms. The van der Waals surface area contributed by atoms with Gasteiger partial charge in [0.05, 0.1) is 0 Å². The van der Waals surface area contributed by atoms with E-state index in [4.69, 9.17) is 0 Å². The molecule has 1 aromatic rings. The molecule has 0 nitrogen and oxygen atoms in total. The highest BCUT2D eigenvalue weighted by Crippen LogP contribution is 2.49. The van der Waals surface area contributed by atoms with Gasteiger partial charge < -0.3 is 8.19 Å². The van der Waals surface area contributed by atoms with E-state index in [1.165, 1.54) is 78.8 Å². The molecule has 1 aromatic heterocycles. The van der Waals surface area contributed by atoms with Crippen LogP contribution in [0.15, 0.2) is 24.0 Å². The summed E-state index contributed by atoms with van der Waals surface area (Å²) >= 11 is 0. The van der Waals surface area contributed by atoms with Crippen molar-refractivity contribution in [3.8, 4) is 0 Å². The minimum absolute atomic E-state index is 0.869. The average Bonchev–Trinajstić information content (AvgIpc) is 3.25. The Hall–Kier alpha value is -0.740. The zero-order chi connectivity index (χ0) is 14.8. The van der Waals surface area contributed by atoms with Gasteiger partial charge >= 0.3 is 0 Å². The van der Waals surface area contributed by atoms with E-state index < -0.39 is 0 Å². The van der Waals surface area contributed by atoms with Gasteiger partial charge in [-0.2, -0.15) is 5.30 Å². The summed E-state index contributed by atoms with van der Waals surface area (Å²) < 4.78 is 0. The van der Waals surface area contributed by atoms with Crippen molar-refractivity contribution in [3.05, 3.63) is 40.4 Å². The van der Waals surface area contributed by atoms with Crippen molar-refractivity contribution in [2.45, 2.75) is 82.5 Å². The van der Waals surface area contributed by atoms with E-state index in [0.29, 0.717) is 0 Å². The maximum absolute atomic E-state index is 2.61. The Morgan fingerprint density at radius 3 is 2.14 bits per heavy atom. The zero-order valence-corrected chi connectivity index (χ0v) is 14.6. The summed E-state index contributed by atoms with van der Waals surface area (Å²) in [4.78, 5) is 0. The molecule has 0 N–H and O–H groups in total. The van der Waals surface area contributed by atoms with Gasteiger partial charge in [-0.15, -0.1) is 0 Å². The molecule has 0 amide bonds. The van der Waals surface area contributed by atoms with E-state index in [2.05, 4.69) is 24.0 Å². The molecule has 3 aliphatic rings. The molecule has 3 aliphatic carbocycles. The van der Waals surface area contributed by atoms with Crippen molar-refractivity contribution in [1.29, 1.82) is 0 Å². The van der Waals surface area contributed by atoms with Gasteiger partial charge in [0, 0.05) is 0 Å². The summed E-state index contributed by atoms with van der Waals surface area (Å²) in [5, 5.41) is 1.71. The van der Waals surface area contributed by atoms with Gasteiger partial charge in [-0.05, 0) is 43.9 Å². The molecule has 1 heterocycles. The molecular formula is C21H28P-. The second-order valence-corrected chi connectivity index (χ2v) is 8.43. The molecule has 0 bridgehead atoms. The number of hydrogen-bond acceptors (Lipinski definition) is 0. The van der Waals surface area contributed by atoms with Crippen LogP contribution in [0.3, 0.4) is 0 Å². The lowest BCUT2D eigenvalue weighted by molar-refractivity contribution is 0.420. The first-order valence-electron chi connectivity index (χ1n) is 9.45. The van der Waals surface area contributed by atoms with Gasteiger partial charge in [0.15, 0.2) is 0 Å². The van der Waals surface area contributed by atoms with Crippen LogP contribution in [0.4, 0.5) is 0 Å². The Labute approximate surface area is 137 Å². The van der Waals surface area contributed by atoms with Gasteiger partial charge in [-0.25, -0.2) is 5.80 Å². The van der Waals surface area contributed by atoms with E-state index in [-0.39, 0.29) is 0 Å². The minimum atomic E-state index is 0.869. The third-order valence-corrected chi connectivity index (χ3v) is 7.23. The molecule has 4 rings (SSSR count). The summed E-state index contributed by atoms with van der Waals surface area (Å²) in [6, 6.07) is 0. The maximum Gasteiger partial charge on any atom is -0.0114 e. The highest BCUT2D eigenvalue weighted by molar-refractivity contribution is 7.31. The van der Waals surface area contributed by atoms with Gasteiger partial charge in [0.25, 0.3) is 0 Å². The van der Waals surface area contributed by atoms with Crippen molar-refractivity contribution in [2.24, 2.45) is 0 Å². The molecule has 0 aliphatic heterocycles. The molecule has 118 valence electrons. The molecule has 0 aromatic carbocycles. The number of allylic oxidation sites excluding steroid dienone is 4. The third kappa shape index (κ3) is 2.88. The second-order valence-electron chi connectivity index (χ2n) is 7.47. The highest BCUT2D eigenvalue weighted by atomic mass is 31.0. The zero-order valence-electron chi connectivity index (χ0n) is 13.7. The van der Waals surface area contributed by atoms with Gasteiger partial charge in [-0.1, -0.05) is 73.5 Å². The lowest BCUT2D eigenvalue weighted by atomic mass is 9.76. The van der Waals surface area contributed by atoms with Crippen molar-refractivity contribution in [2.75, 3.05) is 0 Å². The van der Waals surface area contributed by atoms with Crippen LogP contribution in [-0.4, -0.2) is 0 Å².